The van der Waals surface area contributed by atoms with E-state index in [4.69, 9.17) is 45.8 Å². The summed E-state index contributed by atoms with van der Waals surface area (Å²) in [4.78, 5) is 0.845. The van der Waals surface area contributed by atoms with Crippen molar-refractivity contribution in [3.63, 3.8) is 0 Å². The van der Waals surface area contributed by atoms with E-state index in [1.54, 1.807) is 0 Å². The minimum absolute atomic E-state index is 0.292. The number of nitrogens with zero attached hydrogens (tertiary/aromatic N) is 4. The van der Waals surface area contributed by atoms with Gasteiger partial charge in [0.1, 0.15) is 11.5 Å². The van der Waals surface area contributed by atoms with Crippen LogP contribution in [0.3, 0.4) is 0 Å². The van der Waals surface area contributed by atoms with Crippen LogP contribution in [0.5, 0.6) is 0 Å². The molecule has 0 aromatic heterocycles. The molecule has 0 N–H and O–H groups in total. The minimum atomic E-state index is -1.99. The summed E-state index contributed by atoms with van der Waals surface area (Å²) in [5.41, 5.74) is 14.0. The van der Waals surface area contributed by atoms with E-state index in [0.717, 1.165) is 22.4 Å². The number of rotatable bonds is 12. The average Bonchev–Trinajstić information content (AvgIpc) is 3.12. The Balaban J connectivity index is 0.000000544. The monoisotopic (exact) mass is 931 g/mol. The smallest absolute Gasteiger partial charge is 0.305 e. The van der Waals surface area contributed by atoms with Crippen LogP contribution in [0.15, 0.2) is 48.5 Å². The SMILES string of the molecule is Cc1cc(C)c(C)c([B-](Cl)(Cl)C(N(C(C)C)C(C)C)=[N+](C(C)C)C(C)C)c1C.Cc1cc(C)c(C)c([B-](Cl)(Cl)C(N(C(C)C)C(C)C)=[N+](C(C)C)C(C)C)c1C.c1ccccc1. The van der Waals surface area contributed by atoms with Gasteiger partial charge in [0.2, 0.25) is 0 Å². The van der Waals surface area contributed by atoms with Gasteiger partial charge in [-0.15, -0.1) is 0 Å². The fourth-order valence-corrected chi connectivity index (χ4v) is 12.0. The van der Waals surface area contributed by atoms with E-state index in [9.17, 15) is 0 Å². The zero-order valence-corrected chi connectivity index (χ0v) is 46.7. The van der Waals surface area contributed by atoms with E-state index in [1.165, 1.54) is 44.5 Å². The number of halogens is 4. The maximum absolute atomic E-state index is 7.46. The van der Waals surface area contributed by atoms with Crippen molar-refractivity contribution in [3.05, 3.63) is 93.0 Å². The first-order valence-electron chi connectivity index (χ1n) is 23.4. The molecule has 0 bridgehead atoms. The van der Waals surface area contributed by atoms with E-state index < -0.39 is 9.95 Å². The third-order valence-electron chi connectivity index (χ3n) is 12.4. The van der Waals surface area contributed by atoms with E-state index in [0.29, 0.717) is 48.3 Å². The van der Waals surface area contributed by atoms with E-state index >= 15 is 0 Å². The van der Waals surface area contributed by atoms with Crippen LogP contribution in [0.1, 0.15) is 155 Å². The lowest BCUT2D eigenvalue weighted by atomic mass is 9.59. The highest BCUT2D eigenvalue weighted by molar-refractivity contribution is 7.63. The average molecular weight is 933 g/mol. The van der Waals surface area contributed by atoms with Crippen molar-refractivity contribution in [2.45, 2.75) is 215 Å². The molecule has 0 radical (unpaired) electrons. The minimum Gasteiger partial charge on any atom is -0.349 e. The van der Waals surface area contributed by atoms with Crippen molar-refractivity contribution in [3.8, 4) is 0 Å². The summed E-state index contributed by atoms with van der Waals surface area (Å²) in [7, 11) is 0. The fraction of sp³-hybridized carbons (Fsp3) is 0.615. The Labute approximate surface area is 402 Å². The Bertz CT molecular complexity index is 1720. The van der Waals surface area contributed by atoms with Gasteiger partial charge >= 0.3 is 9.95 Å². The quantitative estimate of drug-likeness (QED) is 0.0777. The molecule has 10 heteroatoms. The van der Waals surface area contributed by atoms with Crippen molar-refractivity contribution in [1.82, 2.24) is 9.80 Å². The standard InChI is InChI=1S/2C23H41BCl2N2.C6H6/c2*1-14(2)27(15(3)4)23(28(16(5)6)17(7)8)24(25,26)22-20(11)18(9)13-19(10)21(22)12;1-2-4-6-5-3-1/h2*13-17H,1-12H3;1-6H. The molecule has 0 aliphatic heterocycles. The number of benzene rings is 3. The van der Waals surface area contributed by atoms with Gasteiger partial charge in [-0.3, -0.25) is 19.0 Å². The first kappa shape index (κ1) is 57.9. The molecular formula is C52H88B2Cl4N4. The Morgan fingerprint density at radius 2 is 0.548 bits per heavy atom. The molecule has 0 aliphatic carbocycles. The number of hydrogen-bond acceptors (Lipinski definition) is 0. The Hall–Kier alpha value is -2.11. The van der Waals surface area contributed by atoms with Gasteiger partial charge in [-0.05, 0) is 166 Å². The lowest BCUT2D eigenvalue weighted by molar-refractivity contribution is -0.590. The fourth-order valence-electron chi connectivity index (χ4n) is 9.74. The van der Waals surface area contributed by atoms with Crippen molar-refractivity contribution in [2.24, 2.45) is 0 Å². The second-order valence-corrected chi connectivity index (χ2v) is 23.0. The molecule has 3 rings (SSSR count). The number of hydrogen-bond donors (Lipinski definition) is 0. The van der Waals surface area contributed by atoms with Crippen LogP contribution in [-0.2, 0) is 0 Å². The summed E-state index contributed by atoms with van der Waals surface area (Å²) in [5, 5.41) is 0. The molecule has 0 unspecified atom stereocenters. The Kier molecular flexibility index (Phi) is 22.8. The van der Waals surface area contributed by atoms with E-state index in [-0.39, 0.29) is 0 Å². The van der Waals surface area contributed by atoms with E-state index in [1.807, 2.05) is 36.4 Å². The summed E-state index contributed by atoms with van der Waals surface area (Å²) >= 11 is 29.8. The summed E-state index contributed by atoms with van der Waals surface area (Å²) < 4.78 is 4.83. The van der Waals surface area contributed by atoms with Gasteiger partial charge in [-0.2, -0.15) is 10.9 Å². The van der Waals surface area contributed by atoms with Crippen molar-refractivity contribution < 1.29 is 9.15 Å². The van der Waals surface area contributed by atoms with Crippen LogP contribution in [0.25, 0.3) is 0 Å². The predicted octanol–water partition coefficient (Wildman–Crippen LogP) is 13.6. The summed E-state index contributed by atoms with van der Waals surface area (Å²) in [6.07, 6.45) is 0. The third-order valence-corrected chi connectivity index (χ3v) is 14.1. The van der Waals surface area contributed by atoms with Crippen molar-refractivity contribution >= 4 is 78.2 Å². The highest BCUT2D eigenvalue weighted by Crippen LogP contribution is 2.31. The first-order valence-corrected chi connectivity index (χ1v) is 25.1. The summed E-state index contributed by atoms with van der Waals surface area (Å²) in [5.74, 6) is 0. The number of aryl methyl sites for hydroxylation is 4. The van der Waals surface area contributed by atoms with Crippen LogP contribution in [-0.4, -0.2) is 88.7 Å². The summed E-state index contributed by atoms with van der Waals surface area (Å²) in [6.45, 7) is 52.8. The van der Waals surface area contributed by atoms with E-state index in [2.05, 4.69) is 197 Å². The molecule has 0 heterocycles. The Morgan fingerprint density at radius 3 is 0.694 bits per heavy atom. The zero-order valence-electron chi connectivity index (χ0n) is 43.7. The molecule has 350 valence electrons. The van der Waals surface area contributed by atoms with Crippen LogP contribution in [0, 0.1) is 55.4 Å². The molecule has 0 saturated carbocycles. The van der Waals surface area contributed by atoms with Gasteiger partial charge in [-0.25, -0.2) is 0 Å². The molecule has 3 aromatic carbocycles. The van der Waals surface area contributed by atoms with Crippen molar-refractivity contribution in [1.29, 1.82) is 0 Å². The summed E-state index contributed by atoms with van der Waals surface area (Å²) in [6, 6.07) is 18.8. The van der Waals surface area contributed by atoms with Crippen molar-refractivity contribution in [2.75, 3.05) is 0 Å². The molecular weight excluding hydrogens is 844 g/mol. The maximum atomic E-state index is 7.46. The van der Waals surface area contributed by atoms with Gasteiger partial charge in [0, 0.05) is 0 Å². The highest BCUT2D eigenvalue weighted by Gasteiger charge is 2.45. The molecule has 3 aromatic rings. The second kappa shape index (κ2) is 24.4. The topological polar surface area (TPSA) is 12.5 Å². The van der Waals surface area contributed by atoms with Crippen LogP contribution in [0.2, 0.25) is 0 Å². The van der Waals surface area contributed by atoms with Gasteiger partial charge in [-0.1, -0.05) is 93.0 Å². The van der Waals surface area contributed by atoms with Crippen LogP contribution < -0.4 is 10.9 Å². The zero-order chi connectivity index (χ0) is 48.5. The molecule has 0 aliphatic rings. The molecule has 0 fully saturated rings. The maximum Gasteiger partial charge on any atom is 0.305 e. The largest absolute Gasteiger partial charge is 0.349 e. The Morgan fingerprint density at radius 1 is 0.371 bits per heavy atom. The molecule has 0 spiro atoms. The molecule has 4 nitrogen and oxygen atoms in total. The molecule has 62 heavy (non-hydrogen) atoms. The van der Waals surface area contributed by atoms with Gasteiger partial charge in [0.15, 0.2) is 0 Å². The first-order chi connectivity index (χ1) is 28.3. The highest BCUT2D eigenvalue weighted by atomic mass is 35.5. The molecule has 0 saturated heterocycles. The lowest BCUT2D eigenvalue weighted by Gasteiger charge is -2.43. The predicted molar refractivity (Wildman–Crippen MR) is 287 cm³/mol. The molecule has 0 amide bonds. The third kappa shape index (κ3) is 14.0. The van der Waals surface area contributed by atoms with Gasteiger partial charge in [0.05, 0.1) is 48.3 Å². The van der Waals surface area contributed by atoms with Gasteiger partial charge in [0.25, 0.3) is 0 Å². The lowest BCUT2D eigenvalue weighted by Crippen LogP contribution is -2.63. The molecule has 0 atom stereocenters. The van der Waals surface area contributed by atoms with Gasteiger partial charge < -0.3 is 45.8 Å². The number of amidine groups is 2. The normalized spacial score (nSPS) is 12.1. The second-order valence-electron chi connectivity index (χ2n) is 19.9. The van der Waals surface area contributed by atoms with Crippen LogP contribution >= 0.6 is 45.8 Å². The van der Waals surface area contributed by atoms with Crippen LogP contribution in [0.4, 0.5) is 0 Å².